The molecule has 9 heteroatoms. The molecule has 0 radical (unpaired) electrons. The Morgan fingerprint density at radius 3 is 2.18 bits per heavy atom. The number of benzene rings is 3. The van der Waals surface area contributed by atoms with E-state index in [-0.39, 0.29) is 23.4 Å². The minimum atomic E-state index is -4.13. The molecule has 0 aliphatic heterocycles. The average Bonchev–Trinajstić information content (AvgIpc) is 2.92. The van der Waals surface area contributed by atoms with Gasteiger partial charge in [-0.3, -0.25) is 13.9 Å². The van der Waals surface area contributed by atoms with E-state index in [9.17, 15) is 18.0 Å². The van der Waals surface area contributed by atoms with Gasteiger partial charge in [0, 0.05) is 17.6 Å². The van der Waals surface area contributed by atoms with Gasteiger partial charge in [0.05, 0.1) is 10.6 Å². The van der Waals surface area contributed by atoms with Crippen molar-refractivity contribution in [2.24, 2.45) is 0 Å². The molecule has 208 valence electrons. The van der Waals surface area contributed by atoms with Crippen LogP contribution >= 0.6 is 11.6 Å². The predicted octanol–water partition coefficient (Wildman–Crippen LogP) is 5.57. The summed E-state index contributed by atoms with van der Waals surface area (Å²) in [6, 6.07) is 21.2. The van der Waals surface area contributed by atoms with Gasteiger partial charge in [-0.15, -0.1) is 0 Å². The van der Waals surface area contributed by atoms with Crippen molar-refractivity contribution in [1.82, 2.24) is 10.2 Å². The molecule has 0 saturated carbocycles. The topological polar surface area (TPSA) is 86.8 Å². The molecule has 0 aliphatic carbocycles. The van der Waals surface area contributed by atoms with Gasteiger partial charge in [-0.25, -0.2) is 8.42 Å². The lowest BCUT2D eigenvalue weighted by Gasteiger charge is -2.33. The summed E-state index contributed by atoms with van der Waals surface area (Å²) in [5.74, 6) is -0.747. The molecule has 2 amide bonds. The Kier molecular flexibility index (Phi) is 10.5. The maximum Gasteiger partial charge on any atom is 0.264 e. The van der Waals surface area contributed by atoms with Gasteiger partial charge in [-0.05, 0) is 68.7 Å². The zero-order chi connectivity index (χ0) is 28.6. The van der Waals surface area contributed by atoms with Crippen LogP contribution in [0.1, 0.15) is 44.7 Å². The lowest BCUT2D eigenvalue weighted by atomic mass is 10.1. The molecule has 0 aromatic heterocycles. The first kappa shape index (κ1) is 30.2. The van der Waals surface area contributed by atoms with Crippen LogP contribution in [0.5, 0.6) is 0 Å². The third-order valence-corrected chi connectivity index (χ3v) is 8.59. The molecule has 0 saturated heterocycles. The summed E-state index contributed by atoms with van der Waals surface area (Å²) in [7, 11) is -4.13. The maximum atomic E-state index is 14.0. The van der Waals surface area contributed by atoms with Crippen LogP contribution in [-0.4, -0.2) is 43.8 Å². The van der Waals surface area contributed by atoms with Crippen LogP contribution in [0.4, 0.5) is 5.69 Å². The van der Waals surface area contributed by atoms with Crippen LogP contribution in [0.25, 0.3) is 0 Å². The second kappa shape index (κ2) is 13.6. The van der Waals surface area contributed by atoms with E-state index in [1.165, 1.54) is 29.2 Å². The minimum absolute atomic E-state index is 0.00958. The Labute approximate surface area is 236 Å². The Morgan fingerprint density at radius 2 is 1.59 bits per heavy atom. The zero-order valence-electron chi connectivity index (χ0n) is 22.8. The van der Waals surface area contributed by atoms with E-state index >= 15 is 0 Å². The summed E-state index contributed by atoms with van der Waals surface area (Å²) in [5.41, 5.74) is 2.21. The summed E-state index contributed by atoms with van der Waals surface area (Å²) in [6.07, 6.45) is 1.12. The number of hydrogen-bond donors (Lipinski definition) is 1. The number of aryl methyl sites for hydroxylation is 1. The molecule has 3 aromatic carbocycles. The minimum Gasteiger partial charge on any atom is -0.352 e. The van der Waals surface area contributed by atoms with Crippen molar-refractivity contribution in [3.8, 4) is 0 Å². The fourth-order valence-electron chi connectivity index (χ4n) is 4.22. The molecule has 3 rings (SSSR count). The number of carbonyl (C=O) groups is 2. The van der Waals surface area contributed by atoms with Gasteiger partial charge in [0.1, 0.15) is 12.6 Å². The molecule has 0 spiro atoms. The van der Waals surface area contributed by atoms with Crippen molar-refractivity contribution >= 4 is 39.1 Å². The van der Waals surface area contributed by atoms with E-state index in [4.69, 9.17) is 11.6 Å². The van der Waals surface area contributed by atoms with Gasteiger partial charge in [0.25, 0.3) is 10.0 Å². The van der Waals surface area contributed by atoms with E-state index in [2.05, 4.69) is 5.32 Å². The molecule has 1 N–H and O–H groups in total. The standard InChI is InChI=1S/C30H36ClN3O4S/c1-5-23(4)32-30(36)28(6-2)33(20-24-12-10-11-22(3)19-24)29(35)21-34(26-13-8-7-9-14-26)39(37,38)27-17-15-25(31)16-18-27/h7-19,23,28H,5-6,20-21H2,1-4H3,(H,32,36)/t23-,28-/m0/s1. The number of anilines is 1. The molecule has 2 atom stereocenters. The highest BCUT2D eigenvalue weighted by Gasteiger charge is 2.33. The van der Waals surface area contributed by atoms with E-state index in [0.717, 1.165) is 21.9 Å². The van der Waals surface area contributed by atoms with Crippen LogP contribution in [0.15, 0.2) is 83.8 Å². The smallest absolute Gasteiger partial charge is 0.264 e. The van der Waals surface area contributed by atoms with Gasteiger partial charge in [-0.2, -0.15) is 0 Å². The van der Waals surface area contributed by atoms with Crippen LogP contribution in [0, 0.1) is 6.92 Å². The number of carbonyl (C=O) groups excluding carboxylic acids is 2. The summed E-state index contributed by atoms with van der Waals surface area (Å²) < 4.78 is 28.7. The fraction of sp³-hybridized carbons (Fsp3) is 0.333. The van der Waals surface area contributed by atoms with Crippen molar-refractivity contribution in [1.29, 1.82) is 0 Å². The molecule has 39 heavy (non-hydrogen) atoms. The number of halogens is 1. The van der Waals surface area contributed by atoms with Gasteiger partial charge in [0.2, 0.25) is 11.8 Å². The third-order valence-electron chi connectivity index (χ3n) is 6.55. The van der Waals surface area contributed by atoms with Gasteiger partial charge >= 0.3 is 0 Å². The quantitative estimate of drug-likeness (QED) is 0.309. The lowest BCUT2D eigenvalue weighted by molar-refractivity contribution is -0.140. The molecular formula is C30H36ClN3O4S. The average molecular weight is 570 g/mol. The maximum absolute atomic E-state index is 14.0. The van der Waals surface area contributed by atoms with E-state index < -0.39 is 28.5 Å². The summed E-state index contributed by atoms with van der Waals surface area (Å²) in [5, 5.41) is 3.38. The molecule has 0 bridgehead atoms. The van der Waals surface area contributed by atoms with Crippen molar-refractivity contribution in [2.75, 3.05) is 10.8 Å². The molecule has 7 nitrogen and oxygen atoms in total. The van der Waals surface area contributed by atoms with Crippen molar-refractivity contribution in [2.45, 2.75) is 64.1 Å². The Hall–Kier alpha value is -3.36. The summed E-state index contributed by atoms with van der Waals surface area (Å²) in [4.78, 5) is 28.8. The van der Waals surface area contributed by atoms with E-state index in [1.807, 2.05) is 52.0 Å². The highest BCUT2D eigenvalue weighted by Crippen LogP contribution is 2.25. The van der Waals surface area contributed by atoms with Crippen molar-refractivity contribution in [3.05, 3.63) is 95.0 Å². The first-order valence-corrected chi connectivity index (χ1v) is 14.9. The first-order chi connectivity index (χ1) is 18.6. The molecule has 0 fully saturated rings. The van der Waals surface area contributed by atoms with Crippen molar-refractivity contribution < 1.29 is 18.0 Å². The first-order valence-electron chi connectivity index (χ1n) is 13.1. The second-order valence-electron chi connectivity index (χ2n) is 9.55. The van der Waals surface area contributed by atoms with Crippen LogP contribution in [0.2, 0.25) is 5.02 Å². The number of nitrogens with one attached hydrogen (secondary N) is 1. The van der Waals surface area contributed by atoms with E-state index in [1.54, 1.807) is 30.3 Å². The largest absolute Gasteiger partial charge is 0.352 e. The Balaban J connectivity index is 2.03. The number of sulfonamides is 1. The number of amides is 2. The summed E-state index contributed by atoms with van der Waals surface area (Å²) >= 11 is 5.99. The monoisotopic (exact) mass is 569 g/mol. The van der Waals surface area contributed by atoms with Crippen LogP contribution < -0.4 is 9.62 Å². The SMILES string of the molecule is CC[C@H](C)NC(=O)[C@H](CC)N(Cc1cccc(C)c1)C(=O)CN(c1ccccc1)S(=O)(=O)c1ccc(Cl)cc1. The molecule has 3 aromatic rings. The third kappa shape index (κ3) is 7.83. The fourth-order valence-corrected chi connectivity index (χ4v) is 5.76. The van der Waals surface area contributed by atoms with E-state index in [0.29, 0.717) is 17.1 Å². The predicted molar refractivity (Wildman–Crippen MR) is 156 cm³/mol. The molecule has 0 heterocycles. The number of para-hydroxylation sites is 1. The Morgan fingerprint density at radius 1 is 0.923 bits per heavy atom. The molecule has 0 unspecified atom stereocenters. The van der Waals surface area contributed by atoms with Crippen LogP contribution in [0.3, 0.4) is 0 Å². The van der Waals surface area contributed by atoms with Gasteiger partial charge in [-0.1, -0.05) is 73.5 Å². The number of nitrogens with zero attached hydrogens (tertiary/aromatic N) is 2. The highest BCUT2D eigenvalue weighted by atomic mass is 35.5. The zero-order valence-corrected chi connectivity index (χ0v) is 24.4. The Bertz CT molecular complexity index is 1360. The molecule has 0 aliphatic rings. The molecular weight excluding hydrogens is 534 g/mol. The number of rotatable bonds is 12. The summed E-state index contributed by atoms with van der Waals surface area (Å²) in [6.45, 7) is 7.37. The number of hydrogen-bond acceptors (Lipinski definition) is 4. The van der Waals surface area contributed by atoms with Gasteiger partial charge in [0.15, 0.2) is 0 Å². The lowest BCUT2D eigenvalue weighted by Crippen LogP contribution is -2.53. The second-order valence-corrected chi connectivity index (χ2v) is 11.9. The highest BCUT2D eigenvalue weighted by molar-refractivity contribution is 7.92. The van der Waals surface area contributed by atoms with Crippen molar-refractivity contribution in [3.63, 3.8) is 0 Å². The van der Waals surface area contributed by atoms with Gasteiger partial charge < -0.3 is 10.2 Å². The normalized spacial score (nSPS) is 12.8. The van der Waals surface area contributed by atoms with Crippen LogP contribution in [-0.2, 0) is 26.2 Å².